The fourth-order valence-corrected chi connectivity index (χ4v) is 2.78. The van der Waals surface area contributed by atoms with Crippen molar-refractivity contribution < 1.29 is 27.0 Å². The molecule has 3 rings (SSSR count). The largest absolute Gasteiger partial charge is 0.497 e. The van der Waals surface area contributed by atoms with Crippen molar-refractivity contribution in [2.75, 3.05) is 7.11 Å². The summed E-state index contributed by atoms with van der Waals surface area (Å²) < 4.78 is 64.7. The highest BCUT2D eigenvalue weighted by molar-refractivity contribution is 5.53. The molecule has 0 atom stereocenters. The van der Waals surface area contributed by atoms with E-state index in [0.29, 0.717) is 5.75 Å². The molecule has 0 bridgehead atoms. The Hall–Kier alpha value is -4.07. The minimum Gasteiger partial charge on any atom is -0.497 e. The molecule has 160 valence electrons. The van der Waals surface area contributed by atoms with Gasteiger partial charge in [0.2, 0.25) is 0 Å². The molecule has 11 heteroatoms. The first-order valence-electron chi connectivity index (χ1n) is 8.53. The lowest BCUT2D eigenvalue weighted by molar-refractivity contribution is -0.144. The number of nitriles is 1. The van der Waals surface area contributed by atoms with Crippen LogP contribution in [0.2, 0.25) is 0 Å². The van der Waals surface area contributed by atoms with Gasteiger partial charge in [0.1, 0.15) is 34.8 Å². The van der Waals surface area contributed by atoms with Crippen LogP contribution in [0.5, 0.6) is 17.2 Å². The Morgan fingerprint density at radius 2 is 1.65 bits per heavy atom. The van der Waals surface area contributed by atoms with Gasteiger partial charge in [0, 0.05) is 19.2 Å². The number of hydrogen-bond donors (Lipinski definition) is 0. The van der Waals surface area contributed by atoms with Crippen LogP contribution in [-0.4, -0.2) is 16.2 Å². The summed E-state index contributed by atoms with van der Waals surface area (Å²) in [5.41, 5.74) is -5.22. The van der Waals surface area contributed by atoms with Gasteiger partial charge in [-0.1, -0.05) is 0 Å². The van der Waals surface area contributed by atoms with Gasteiger partial charge >= 0.3 is 11.9 Å². The zero-order chi connectivity index (χ0) is 22.9. The number of alkyl halides is 3. The molecule has 2 aromatic carbocycles. The zero-order valence-electron chi connectivity index (χ0n) is 16.0. The van der Waals surface area contributed by atoms with E-state index in [4.69, 9.17) is 9.47 Å². The van der Waals surface area contributed by atoms with Gasteiger partial charge in [-0.25, -0.2) is 13.8 Å². The molecule has 0 amide bonds. The zero-order valence-corrected chi connectivity index (χ0v) is 16.0. The highest BCUT2D eigenvalue weighted by Crippen LogP contribution is 2.30. The summed E-state index contributed by atoms with van der Waals surface area (Å²) in [6.45, 7) is 0. The Balaban J connectivity index is 2.18. The fraction of sp³-hybridized carbons (Fsp3) is 0.150. The standard InChI is InChI=1S/C20H13F4N3O4/c1-26-17(20(22,23)24)9-18(28)27(19(26)29)15-8-16(11(10-25)7-14(15)21)31-13-5-3-12(30-2)4-6-13/h3-9H,1-2H3. The van der Waals surface area contributed by atoms with Gasteiger partial charge in [0.25, 0.3) is 5.56 Å². The summed E-state index contributed by atoms with van der Waals surface area (Å²) in [5.74, 6) is -0.634. The minimum absolute atomic E-state index is 0.184. The minimum atomic E-state index is -4.96. The quantitative estimate of drug-likeness (QED) is 0.587. The Labute approximate surface area is 171 Å². The Morgan fingerprint density at radius 3 is 2.19 bits per heavy atom. The van der Waals surface area contributed by atoms with Gasteiger partial charge < -0.3 is 9.47 Å². The van der Waals surface area contributed by atoms with Crippen LogP contribution in [0.25, 0.3) is 5.69 Å². The van der Waals surface area contributed by atoms with Gasteiger partial charge in [-0.2, -0.15) is 18.4 Å². The van der Waals surface area contributed by atoms with Crippen molar-refractivity contribution in [2.45, 2.75) is 6.18 Å². The monoisotopic (exact) mass is 435 g/mol. The van der Waals surface area contributed by atoms with Crippen LogP contribution in [0.4, 0.5) is 17.6 Å². The van der Waals surface area contributed by atoms with E-state index in [1.165, 1.54) is 19.2 Å². The number of aromatic nitrogens is 2. The Bertz CT molecular complexity index is 1300. The molecule has 0 spiro atoms. The first-order chi connectivity index (χ1) is 14.6. The predicted octanol–water partition coefficient (Wildman–Crippen LogP) is 3.37. The maximum atomic E-state index is 14.6. The highest BCUT2D eigenvalue weighted by atomic mass is 19.4. The van der Waals surface area contributed by atoms with Crippen molar-refractivity contribution in [3.8, 4) is 29.0 Å². The first-order valence-corrected chi connectivity index (χ1v) is 8.53. The van der Waals surface area contributed by atoms with Crippen LogP contribution in [0.3, 0.4) is 0 Å². The van der Waals surface area contributed by atoms with Crippen molar-refractivity contribution in [1.82, 2.24) is 9.13 Å². The van der Waals surface area contributed by atoms with Gasteiger partial charge in [0.05, 0.1) is 18.4 Å². The average Bonchev–Trinajstić information content (AvgIpc) is 2.72. The lowest BCUT2D eigenvalue weighted by Crippen LogP contribution is -2.41. The Kier molecular flexibility index (Phi) is 5.57. The summed E-state index contributed by atoms with van der Waals surface area (Å²) in [6, 6.07) is 9.62. The SMILES string of the molecule is COc1ccc(Oc2cc(-n3c(=O)cc(C(F)(F)F)n(C)c3=O)c(F)cc2C#N)cc1. The second-order valence-electron chi connectivity index (χ2n) is 6.23. The molecule has 0 saturated carbocycles. The van der Waals surface area contributed by atoms with E-state index in [0.717, 1.165) is 19.2 Å². The van der Waals surface area contributed by atoms with Crippen LogP contribution in [-0.2, 0) is 13.2 Å². The van der Waals surface area contributed by atoms with Gasteiger partial charge in [-0.3, -0.25) is 9.36 Å². The van der Waals surface area contributed by atoms with Crippen molar-refractivity contribution in [1.29, 1.82) is 5.26 Å². The van der Waals surface area contributed by atoms with Gasteiger partial charge in [-0.15, -0.1) is 0 Å². The number of hydrogen-bond acceptors (Lipinski definition) is 5. The van der Waals surface area contributed by atoms with E-state index in [1.54, 1.807) is 18.2 Å². The molecule has 0 radical (unpaired) electrons. The van der Waals surface area contributed by atoms with Crippen molar-refractivity contribution in [2.24, 2.45) is 7.05 Å². The summed E-state index contributed by atoms with van der Waals surface area (Å²) in [4.78, 5) is 24.7. The molecule has 3 aromatic rings. The van der Waals surface area contributed by atoms with Crippen molar-refractivity contribution in [3.05, 3.63) is 80.4 Å². The van der Waals surface area contributed by atoms with E-state index in [1.807, 2.05) is 0 Å². The average molecular weight is 435 g/mol. The van der Waals surface area contributed by atoms with Crippen LogP contribution >= 0.6 is 0 Å². The van der Waals surface area contributed by atoms with Crippen molar-refractivity contribution in [3.63, 3.8) is 0 Å². The Morgan fingerprint density at radius 1 is 1.03 bits per heavy atom. The summed E-state index contributed by atoms with van der Waals surface area (Å²) in [7, 11) is 2.26. The topological polar surface area (TPSA) is 86.2 Å². The molecule has 0 N–H and O–H groups in total. The molecule has 0 aliphatic carbocycles. The van der Waals surface area contributed by atoms with Gasteiger partial charge in [0.15, 0.2) is 0 Å². The van der Waals surface area contributed by atoms with E-state index >= 15 is 0 Å². The number of methoxy groups -OCH3 is 1. The molecule has 0 aliphatic rings. The van der Waals surface area contributed by atoms with Crippen LogP contribution in [0, 0.1) is 17.1 Å². The summed E-state index contributed by atoms with van der Waals surface area (Å²) >= 11 is 0. The highest BCUT2D eigenvalue weighted by Gasteiger charge is 2.35. The molecule has 31 heavy (non-hydrogen) atoms. The second-order valence-corrected chi connectivity index (χ2v) is 6.23. The lowest BCUT2D eigenvalue weighted by Gasteiger charge is -2.15. The third-order valence-corrected chi connectivity index (χ3v) is 4.31. The van der Waals surface area contributed by atoms with Crippen LogP contribution < -0.4 is 20.7 Å². The maximum absolute atomic E-state index is 14.6. The molecule has 7 nitrogen and oxygen atoms in total. The molecular weight excluding hydrogens is 422 g/mol. The van der Waals surface area contributed by atoms with E-state index in [9.17, 15) is 32.4 Å². The lowest BCUT2D eigenvalue weighted by atomic mass is 10.1. The smallest absolute Gasteiger partial charge is 0.431 e. The van der Waals surface area contributed by atoms with E-state index in [-0.39, 0.29) is 32.3 Å². The number of ether oxygens (including phenoxy) is 2. The molecule has 1 aromatic heterocycles. The molecule has 1 heterocycles. The molecule has 0 aliphatic heterocycles. The number of rotatable bonds is 4. The number of benzene rings is 2. The molecule has 0 fully saturated rings. The van der Waals surface area contributed by atoms with Gasteiger partial charge in [-0.05, 0) is 30.3 Å². The summed E-state index contributed by atoms with van der Waals surface area (Å²) in [6.07, 6.45) is -4.96. The predicted molar refractivity (Wildman–Crippen MR) is 100 cm³/mol. The first kappa shape index (κ1) is 21.6. The van der Waals surface area contributed by atoms with E-state index in [2.05, 4.69) is 0 Å². The second kappa shape index (κ2) is 7.98. The van der Waals surface area contributed by atoms with Crippen molar-refractivity contribution >= 4 is 0 Å². The number of halogens is 4. The summed E-state index contributed by atoms with van der Waals surface area (Å²) in [5, 5.41) is 9.27. The fourth-order valence-electron chi connectivity index (χ4n) is 2.78. The third-order valence-electron chi connectivity index (χ3n) is 4.31. The number of nitrogens with zero attached hydrogens (tertiary/aromatic N) is 3. The van der Waals surface area contributed by atoms with Crippen LogP contribution in [0.1, 0.15) is 11.3 Å². The van der Waals surface area contributed by atoms with E-state index < -0.39 is 34.6 Å². The van der Waals surface area contributed by atoms with Crippen LogP contribution in [0.15, 0.2) is 52.1 Å². The molecule has 0 saturated heterocycles. The third kappa shape index (κ3) is 4.13. The molecule has 0 unspecified atom stereocenters. The maximum Gasteiger partial charge on any atom is 0.431 e. The molecular formula is C20H13F4N3O4. The normalized spacial score (nSPS) is 11.1.